The van der Waals surface area contributed by atoms with E-state index in [0.717, 1.165) is 6.07 Å². The second-order valence-corrected chi connectivity index (χ2v) is 6.56. The SMILES string of the molecule is CC1(C)OB(C(=Cc2cc(F)ccc2C(N)=O)CO)OC1(C)C. The zero-order valence-corrected chi connectivity index (χ0v) is 13.7. The molecule has 1 aromatic rings. The third-order valence-electron chi connectivity index (χ3n) is 4.36. The summed E-state index contributed by atoms with van der Waals surface area (Å²) in [5.41, 5.74) is 4.99. The molecule has 0 unspecified atom stereocenters. The predicted octanol–water partition coefficient (Wildman–Crippen LogP) is 1.93. The van der Waals surface area contributed by atoms with Gasteiger partial charge >= 0.3 is 7.12 Å². The molecule has 5 nitrogen and oxygen atoms in total. The van der Waals surface area contributed by atoms with Gasteiger partial charge in [0.05, 0.1) is 17.8 Å². The Balaban J connectivity index is 2.41. The van der Waals surface area contributed by atoms with Gasteiger partial charge in [-0.25, -0.2) is 4.39 Å². The van der Waals surface area contributed by atoms with Crippen LogP contribution in [-0.2, 0) is 9.31 Å². The number of hydrogen-bond acceptors (Lipinski definition) is 4. The molecule has 0 radical (unpaired) electrons. The Bertz CT molecular complexity index is 641. The summed E-state index contributed by atoms with van der Waals surface area (Å²) in [4.78, 5) is 11.5. The van der Waals surface area contributed by atoms with Crippen molar-refractivity contribution in [2.45, 2.75) is 38.9 Å². The monoisotopic (exact) mass is 321 g/mol. The molecule has 1 fully saturated rings. The fourth-order valence-electron chi connectivity index (χ4n) is 2.26. The Kier molecular flexibility index (Phi) is 4.66. The van der Waals surface area contributed by atoms with Crippen molar-refractivity contribution in [3.63, 3.8) is 0 Å². The molecule has 1 saturated heterocycles. The Hall–Kier alpha value is -1.70. The van der Waals surface area contributed by atoms with Gasteiger partial charge in [0.1, 0.15) is 5.82 Å². The average Bonchev–Trinajstić information content (AvgIpc) is 2.64. The lowest BCUT2D eigenvalue weighted by molar-refractivity contribution is 0.00578. The van der Waals surface area contributed by atoms with E-state index >= 15 is 0 Å². The molecule has 124 valence electrons. The van der Waals surface area contributed by atoms with Gasteiger partial charge in [0.25, 0.3) is 0 Å². The maximum atomic E-state index is 13.5. The average molecular weight is 321 g/mol. The lowest BCUT2D eigenvalue weighted by atomic mass is 9.77. The molecule has 0 spiro atoms. The van der Waals surface area contributed by atoms with Crippen LogP contribution in [0.4, 0.5) is 4.39 Å². The predicted molar refractivity (Wildman–Crippen MR) is 86.1 cm³/mol. The number of amides is 1. The Labute approximate surface area is 135 Å². The molecule has 1 aliphatic heterocycles. The van der Waals surface area contributed by atoms with E-state index in [-0.39, 0.29) is 17.7 Å². The zero-order valence-electron chi connectivity index (χ0n) is 13.7. The number of hydrogen-bond donors (Lipinski definition) is 2. The van der Waals surface area contributed by atoms with Gasteiger partial charge < -0.3 is 20.1 Å². The minimum atomic E-state index is -0.783. The number of rotatable bonds is 4. The molecule has 1 heterocycles. The van der Waals surface area contributed by atoms with E-state index in [1.165, 1.54) is 18.2 Å². The van der Waals surface area contributed by atoms with Crippen molar-refractivity contribution in [1.82, 2.24) is 0 Å². The molecule has 1 aliphatic rings. The van der Waals surface area contributed by atoms with E-state index < -0.39 is 30.0 Å². The van der Waals surface area contributed by atoms with Gasteiger partial charge in [0.15, 0.2) is 0 Å². The van der Waals surface area contributed by atoms with Gasteiger partial charge in [-0.1, -0.05) is 6.08 Å². The highest BCUT2D eigenvalue weighted by Gasteiger charge is 2.52. The highest BCUT2D eigenvalue weighted by Crippen LogP contribution is 2.38. The second kappa shape index (κ2) is 6.07. The first-order valence-corrected chi connectivity index (χ1v) is 7.34. The molecular formula is C16H21BFNO4. The first kappa shape index (κ1) is 17.7. The zero-order chi connectivity index (χ0) is 17.4. The van der Waals surface area contributed by atoms with Crippen molar-refractivity contribution in [3.05, 3.63) is 40.6 Å². The van der Waals surface area contributed by atoms with Crippen molar-refractivity contribution >= 4 is 19.1 Å². The number of carbonyl (C=O) groups is 1. The summed E-state index contributed by atoms with van der Waals surface area (Å²) in [6.45, 7) is 7.20. The Morgan fingerprint density at radius 1 is 1.30 bits per heavy atom. The number of aliphatic hydroxyl groups excluding tert-OH is 1. The maximum Gasteiger partial charge on any atom is 0.492 e. The van der Waals surface area contributed by atoms with Crippen LogP contribution in [0.15, 0.2) is 23.7 Å². The van der Waals surface area contributed by atoms with Crippen LogP contribution < -0.4 is 5.73 Å². The van der Waals surface area contributed by atoms with Gasteiger partial charge in [-0.05, 0) is 56.9 Å². The van der Waals surface area contributed by atoms with E-state index in [4.69, 9.17) is 15.0 Å². The summed E-state index contributed by atoms with van der Waals surface area (Å²) in [7, 11) is -0.783. The molecule has 23 heavy (non-hydrogen) atoms. The van der Waals surface area contributed by atoms with Crippen LogP contribution in [0.25, 0.3) is 6.08 Å². The van der Waals surface area contributed by atoms with E-state index in [1.807, 2.05) is 27.7 Å². The van der Waals surface area contributed by atoms with Gasteiger partial charge in [-0.15, -0.1) is 0 Å². The molecule has 3 N–H and O–H groups in total. The minimum absolute atomic E-state index is 0.161. The van der Waals surface area contributed by atoms with Crippen LogP contribution in [0.2, 0.25) is 0 Å². The number of primary amides is 1. The fourth-order valence-corrected chi connectivity index (χ4v) is 2.26. The van der Waals surface area contributed by atoms with Crippen LogP contribution in [0, 0.1) is 5.82 Å². The summed E-state index contributed by atoms with van der Waals surface area (Å²) in [5, 5.41) is 9.65. The molecule has 0 bridgehead atoms. The number of nitrogens with two attached hydrogens (primary N) is 1. The van der Waals surface area contributed by atoms with Crippen LogP contribution in [0.1, 0.15) is 43.6 Å². The van der Waals surface area contributed by atoms with Gasteiger partial charge in [-0.2, -0.15) is 0 Å². The topological polar surface area (TPSA) is 81.8 Å². The summed E-state index contributed by atoms with van der Waals surface area (Å²) in [6, 6.07) is 3.65. The van der Waals surface area contributed by atoms with Crippen LogP contribution in [0.3, 0.4) is 0 Å². The third-order valence-corrected chi connectivity index (χ3v) is 4.36. The molecule has 1 amide bonds. The van der Waals surface area contributed by atoms with Crippen LogP contribution in [0.5, 0.6) is 0 Å². The molecule has 0 saturated carbocycles. The largest absolute Gasteiger partial charge is 0.492 e. The first-order valence-electron chi connectivity index (χ1n) is 7.34. The van der Waals surface area contributed by atoms with E-state index in [1.54, 1.807) is 0 Å². The Morgan fingerprint density at radius 2 is 1.87 bits per heavy atom. The Morgan fingerprint density at radius 3 is 2.35 bits per heavy atom. The highest BCUT2D eigenvalue weighted by molar-refractivity contribution is 6.55. The molecule has 0 aromatic heterocycles. The molecule has 2 rings (SSSR count). The number of halogens is 1. The standard InChI is InChI=1S/C16H21BFNO4/c1-15(2)16(3,4)23-17(22-15)11(9-20)7-10-8-12(18)5-6-13(10)14(19)21/h5-8,20H,9H2,1-4H3,(H2,19,21). The molecular weight excluding hydrogens is 300 g/mol. The molecule has 7 heteroatoms. The summed E-state index contributed by atoms with van der Waals surface area (Å²) in [6.07, 6.45) is 1.48. The highest BCUT2D eigenvalue weighted by atomic mass is 19.1. The van der Waals surface area contributed by atoms with Crippen LogP contribution in [-0.4, -0.2) is 35.9 Å². The van der Waals surface area contributed by atoms with Gasteiger partial charge in [0.2, 0.25) is 5.91 Å². The number of aliphatic hydroxyl groups is 1. The maximum absolute atomic E-state index is 13.5. The third kappa shape index (κ3) is 3.47. The summed E-state index contributed by atoms with van der Waals surface area (Å²) >= 11 is 0. The number of benzene rings is 1. The molecule has 0 aliphatic carbocycles. The second-order valence-electron chi connectivity index (χ2n) is 6.56. The smallest absolute Gasteiger partial charge is 0.400 e. The van der Waals surface area contributed by atoms with Crippen molar-refractivity contribution < 1.29 is 23.6 Å². The van der Waals surface area contributed by atoms with E-state index in [9.17, 15) is 14.3 Å². The van der Waals surface area contributed by atoms with Gasteiger partial charge in [-0.3, -0.25) is 4.79 Å². The lowest BCUT2D eigenvalue weighted by Crippen LogP contribution is -2.41. The van der Waals surface area contributed by atoms with Crippen molar-refractivity contribution in [2.75, 3.05) is 6.61 Å². The number of carbonyl (C=O) groups excluding carboxylic acids is 1. The fraction of sp³-hybridized carbons (Fsp3) is 0.438. The normalized spacial score (nSPS) is 19.9. The van der Waals surface area contributed by atoms with Crippen LogP contribution >= 0.6 is 0 Å². The van der Waals surface area contributed by atoms with Crippen molar-refractivity contribution in [3.8, 4) is 0 Å². The summed E-state index contributed by atoms with van der Waals surface area (Å²) in [5.74, 6) is -1.19. The minimum Gasteiger partial charge on any atom is -0.400 e. The first-order chi connectivity index (χ1) is 10.6. The summed E-state index contributed by atoms with van der Waals surface area (Å²) < 4.78 is 25.2. The van der Waals surface area contributed by atoms with E-state index in [2.05, 4.69) is 0 Å². The lowest BCUT2D eigenvalue weighted by Gasteiger charge is -2.32. The van der Waals surface area contributed by atoms with Gasteiger partial charge in [0, 0.05) is 5.56 Å². The molecule has 0 atom stereocenters. The van der Waals surface area contributed by atoms with Crippen molar-refractivity contribution in [1.29, 1.82) is 0 Å². The molecule has 1 aromatic carbocycles. The van der Waals surface area contributed by atoms with Crippen molar-refractivity contribution in [2.24, 2.45) is 5.73 Å². The van der Waals surface area contributed by atoms with E-state index in [0.29, 0.717) is 5.47 Å². The quantitative estimate of drug-likeness (QED) is 0.830.